The molecule has 2 rings (SSSR count). The summed E-state index contributed by atoms with van der Waals surface area (Å²) >= 11 is 0. The Morgan fingerprint density at radius 2 is 2.00 bits per heavy atom. The molecule has 0 unspecified atom stereocenters. The van der Waals surface area contributed by atoms with Crippen LogP contribution in [0.1, 0.15) is 13.3 Å². The molecule has 15 heavy (non-hydrogen) atoms. The molecule has 0 fully saturated rings. The van der Waals surface area contributed by atoms with Crippen LogP contribution in [-0.2, 0) is 6.54 Å². The first-order valence-electron chi connectivity index (χ1n) is 4.96. The van der Waals surface area contributed by atoms with Crippen LogP contribution < -0.4 is 11.2 Å². The summed E-state index contributed by atoms with van der Waals surface area (Å²) in [6.07, 6.45) is 0.765. The maximum atomic E-state index is 11.9. The molecule has 2 aromatic rings. The molecule has 1 aromatic carbocycles. The van der Waals surface area contributed by atoms with Crippen molar-refractivity contribution in [2.45, 2.75) is 19.9 Å². The first kappa shape index (κ1) is 9.71. The second-order valence-electron chi connectivity index (χ2n) is 3.43. The second-order valence-corrected chi connectivity index (χ2v) is 3.43. The summed E-state index contributed by atoms with van der Waals surface area (Å²) in [5.41, 5.74) is 0.0524. The van der Waals surface area contributed by atoms with Gasteiger partial charge in [0.25, 0.3) is 5.56 Å². The van der Waals surface area contributed by atoms with Crippen molar-refractivity contribution in [1.29, 1.82) is 0 Å². The Morgan fingerprint density at radius 1 is 1.27 bits per heavy atom. The van der Waals surface area contributed by atoms with Crippen LogP contribution in [0.5, 0.6) is 0 Å². The van der Waals surface area contributed by atoms with Gasteiger partial charge in [0, 0.05) is 6.54 Å². The van der Waals surface area contributed by atoms with Crippen LogP contribution in [0, 0.1) is 0 Å². The number of benzene rings is 1. The molecule has 1 N–H and O–H groups in total. The largest absolute Gasteiger partial charge is 0.328 e. The Hall–Kier alpha value is -1.84. The van der Waals surface area contributed by atoms with E-state index >= 15 is 0 Å². The number of para-hydroxylation sites is 1. The Balaban J connectivity index is 2.85. The average molecular weight is 204 g/mol. The molecule has 4 nitrogen and oxygen atoms in total. The van der Waals surface area contributed by atoms with Crippen molar-refractivity contribution in [3.8, 4) is 0 Å². The highest BCUT2D eigenvalue weighted by Gasteiger charge is 2.04. The van der Waals surface area contributed by atoms with Crippen LogP contribution in [0.25, 0.3) is 10.9 Å². The minimum Gasteiger partial charge on any atom is -0.307 e. The number of H-pyrrole nitrogens is 1. The van der Waals surface area contributed by atoms with E-state index in [1.54, 1.807) is 24.3 Å². The zero-order valence-electron chi connectivity index (χ0n) is 8.49. The molecule has 0 aliphatic rings. The topological polar surface area (TPSA) is 54.9 Å². The number of fused-ring (bicyclic) bond motifs is 1. The lowest BCUT2D eigenvalue weighted by molar-refractivity contribution is 0.623. The SMILES string of the molecule is CCCn1c(=O)[nH]c2ccccc2c1=O. The van der Waals surface area contributed by atoms with Crippen LogP contribution in [0.3, 0.4) is 0 Å². The fourth-order valence-corrected chi connectivity index (χ4v) is 1.63. The molecule has 0 aliphatic carbocycles. The van der Waals surface area contributed by atoms with Crippen LogP contribution in [0.4, 0.5) is 0 Å². The molecule has 0 amide bonds. The summed E-state index contributed by atoms with van der Waals surface area (Å²) in [7, 11) is 0. The van der Waals surface area contributed by atoms with Gasteiger partial charge in [-0.15, -0.1) is 0 Å². The minimum atomic E-state index is -0.333. The third-order valence-corrected chi connectivity index (χ3v) is 2.34. The number of aromatic nitrogens is 2. The lowest BCUT2D eigenvalue weighted by atomic mass is 10.2. The van der Waals surface area contributed by atoms with E-state index in [-0.39, 0.29) is 11.2 Å². The average Bonchev–Trinajstić information content (AvgIpc) is 2.24. The number of hydrogen-bond donors (Lipinski definition) is 1. The smallest absolute Gasteiger partial charge is 0.307 e. The van der Waals surface area contributed by atoms with Gasteiger partial charge < -0.3 is 4.98 Å². The number of rotatable bonds is 2. The Kier molecular flexibility index (Phi) is 2.41. The standard InChI is InChI=1S/C11H12N2O2/c1-2-7-13-10(14)8-5-3-4-6-9(8)12-11(13)15/h3-6H,2,7H2,1H3,(H,12,15). The highest BCUT2D eigenvalue weighted by atomic mass is 16.2. The molecule has 78 valence electrons. The van der Waals surface area contributed by atoms with Crippen molar-refractivity contribution < 1.29 is 0 Å². The fourth-order valence-electron chi connectivity index (χ4n) is 1.63. The van der Waals surface area contributed by atoms with Crippen molar-refractivity contribution in [3.05, 3.63) is 45.1 Å². The van der Waals surface area contributed by atoms with Crippen molar-refractivity contribution in [3.63, 3.8) is 0 Å². The first-order chi connectivity index (χ1) is 7.24. The van der Waals surface area contributed by atoms with Gasteiger partial charge in [-0.3, -0.25) is 9.36 Å². The zero-order valence-corrected chi connectivity index (χ0v) is 8.49. The Labute approximate surface area is 86.2 Å². The molecule has 1 heterocycles. The third-order valence-electron chi connectivity index (χ3n) is 2.34. The summed E-state index contributed by atoms with van der Waals surface area (Å²) in [4.78, 5) is 26.1. The summed E-state index contributed by atoms with van der Waals surface area (Å²) in [6.45, 7) is 2.39. The van der Waals surface area contributed by atoms with Crippen molar-refractivity contribution >= 4 is 10.9 Å². The lowest BCUT2D eigenvalue weighted by Gasteiger charge is -2.03. The van der Waals surface area contributed by atoms with Gasteiger partial charge >= 0.3 is 5.69 Å². The normalized spacial score (nSPS) is 10.7. The van der Waals surface area contributed by atoms with Gasteiger partial charge in [-0.2, -0.15) is 0 Å². The molecule has 0 saturated carbocycles. The number of nitrogens with one attached hydrogen (secondary N) is 1. The maximum absolute atomic E-state index is 11.9. The molecule has 0 saturated heterocycles. The Bertz CT molecular complexity index is 595. The van der Waals surface area contributed by atoms with Crippen LogP contribution in [0.15, 0.2) is 33.9 Å². The van der Waals surface area contributed by atoms with Gasteiger partial charge in [-0.05, 0) is 18.6 Å². The molecule has 4 heteroatoms. The van der Waals surface area contributed by atoms with Gasteiger partial charge in [0.2, 0.25) is 0 Å². The zero-order chi connectivity index (χ0) is 10.8. The monoisotopic (exact) mass is 204 g/mol. The minimum absolute atomic E-state index is 0.212. The number of hydrogen-bond acceptors (Lipinski definition) is 2. The summed E-state index contributed by atoms with van der Waals surface area (Å²) in [5.74, 6) is 0. The number of aromatic amines is 1. The fraction of sp³-hybridized carbons (Fsp3) is 0.273. The number of nitrogens with zero attached hydrogens (tertiary/aromatic N) is 1. The van der Waals surface area contributed by atoms with E-state index in [2.05, 4.69) is 4.98 Å². The van der Waals surface area contributed by atoms with Crippen LogP contribution >= 0.6 is 0 Å². The van der Waals surface area contributed by atoms with E-state index < -0.39 is 0 Å². The third kappa shape index (κ3) is 1.58. The quantitative estimate of drug-likeness (QED) is 0.796. The van der Waals surface area contributed by atoms with Gasteiger partial charge in [-0.25, -0.2) is 4.79 Å². The van der Waals surface area contributed by atoms with Crippen molar-refractivity contribution in [2.24, 2.45) is 0 Å². The van der Waals surface area contributed by atoms with E-state index in [0.29, 0.717) is 17.4 Å². The van der Waals surface area contributed by atoms with E-state index in [1.807, 2.05) is 6.92 Å². The highest BCUT2D eigenvalue weighted by molar-refractivity contribution is 5.76. The molecule has 0 aliphatic heterocycles. The highest BCUT2D eigenvalue weighted by Crippen LogP contribution is 2.02. The Morgan fingerprint density at radius 3 is 2.73 bits per heavy atom. The molecule has 0 atom stereocenters. The molecular weight excluding hydrogens is 192 g/mol. The molecule has 1 aromatic heterocycles. The summed E-state index contributed by atoms with van der Waals surface area (Å²) in [6, 6.07) is 7.04. The predicted molar refractivity (Wildman–Crippen MR) is 59.1 cm³/mol. The predicted octanol–water partition coefficient (Wildman–Crippen LogP) is 1.10. The first-order valence-corrected chi connectivity index (χ1v) is 4.96. The van der Waals surface area contributed by atoms with E-state index in [0.717, 1.165) is 6.42 Å². The second kappa shape index (κ2) is 3.73. The van der Waals surface area contributed by atoms with Crippen molar-refractivity contribution in [1.82, 2.24) is 9.55 Å². The lowest BCUT2D eigenvalue weighted by Crippen LogP contribution is -2.34. The maximum Gasteiger partial charge on any atom is 0.328 e. The molecule has 0 radical (unpaired) electrons. The van der Waals surface area contributed by atoms with Gasteiger partial charge in [0.15, 0.2) is 0 Å². The van der Waals surface area contributed by atoms with Crippen molar-refractivity contribution in [2.75, 3.05) is 0 Å². The van der Waals surface area contributed by atoms with Crippen LogP contribution in [0.2, 0.25) is 0 Å². The van der Waals surface area contributed by atoms with E-state index in [1.165, 1.54) is 4.57 Å². The summed E-state index contributed by atoms with van der Waals surface area (Å²) in [5, 5.41) is 0.561. The summed E-state index contributed by atoms with van der Waals surface area (Å²) < 4.78 is 1.24. The van der Waals surface area contributed by atoms with Gasteiger partial charge in [-0.1, -0.05) is 19.1 Å². The van der Waals surface area contributed by atoms with E-state index in [4.69, 9.17) is 0 Å². The molecule has 0 bridgehead atoms. The molecule has 0 spiro atoms. The van der Waals surface area contributed by atoms with E-state index in [9.17, 15) is 9.59 Å². The van der Waals surface area contributed by atoms with Gasteiger partial charge in [0.1, 0.15) is 0 Å². The van der Waals surface area contributed by atoms with Crippen LogP contribution in [-0.4, -0.2) is 9.55 Å². The molecular formula is C11H12N2O2. The van der Waals surface area contributed by atoms with Gasteiger partial charge in [0.05, 0.1) is 10.9 Å².